The number of hydrogen-bond donors (Lipinski definition) is 0. The van der Waals surface area contributed by atoms with Gasteiger partial charge in [-0.25, -0.2) is 0 Å². The molecule has 0 unspecified atom stereocenters. The average Bonchev–Trinajstić information content (AvgIpc) is 2.23. The van der Waals surface area contributed by atoms with E-state index in [4.69, 9.17) is 4.74 Å². The summed E-state index contributed by atoms with van der Waals surface area (Å²) in [4.78, 5) is 2.03. The van der Waals surface area contributed by atoms with E-state index in [1.807, 2.05) is 19.0 Å². The van der Waals surface area contributed by atoms with Crippen LogP contribution in [0.5, 0.6) is 5.75 Å². The molecular formula is C11H16BF3KNO. The topological polar surface area (TPSA) is 12.5 Å². The van der Waals surface area contributed by atoms with Crippen molar-refractivity contribution < 1.29 is 69.1 Å². The Balaban J connectivity index is 0.00000289. The molecule has 0 bridgehead atoms. The van der Waals surface area contributed by atoms with Crippen LogP contribution in [0.1, 0.15) is 6.42 Å². The van der Waals surface area contributed by atoms with Crippen LogP contribution in [0.15, 0.2) is 24.3 Å². The molecule has 0 aliphatic rings. The fourth-order valence-corrected chi connectivity index (χ4v) is 1.35. The van der Waals surface area contributed by atoms with E-state index in [0.29, 0.717) is 12.4 Å². The van der Waals surface area contributed by atoms with E-state index in [9.17, 15) is 12.9 Å². The van der Waals surface area contributed by atoms with E-state index >= 15 is 0 Å². The average molecular weight is 285 g/mol. The second kappa shape index (κ2) is 8.60. The number of hydrogen-bond acceptors (Lipinski definition) is 2. The van der Waals surface area contributed by atoms with E-state index in [0.717, 1.165) is 25.1 Å². The summed E-state index contributed by atoms with van der Waals surface area (Å²) in [6.07, 6.45) is 0.845. The molecule has 1 aromatic rings. The minimum Gasteiger partial charge on any atom is -0.494 e. The van der Waals surface area contributed by atoms with Gasteiger partial charge in [-0.2, -0.15) is 0 Å². The molecule has 0 aliphatic carbocycles. The Labute approximate surface area is 148 Å². The predicted molar refractivity (Wildman–Crippen MR) is 63.8 cm³/mol. The minimum atomic E-state index is -4.91. The van der Waals surface area contributed by atoms with Crippen LogP contribution in [0.4, 0.5) is 12.9 Å². The Morgan fingerprint density at radius 1 is 1.11 bits per heavy atom. The van der Waals surface area contributed by atoms with Gasteiger partial charge in [-0.05, 0) is 32.6 Å². The summed E-state index contributed by atoms with van der Waals surface area (Å²) >= 11 is 0. The van der Waals surface area contributed by atoms with Gasteiger partial charge in [0, 0.05) is 6.54 Å². The molecule has 0 atom stereocenters. The largest absolute Gasteiger partial charge is 1.00 e. The van der Waals surface area contributed by atoms with Gasteiger partial charge in [-0.3, -0.25) is 0 Å². The fraction of sp³-hybridized carbons (Fsp3) is 0.455. The van der Waals surface area contributed by atoms with E-state index in [2.05, 4.69) is 0 Å². The third kappa shape index (κ3) is 7.16. The van der Waals surface area contributed by atoms with Crippen LogP contribution in [-0.2, 0) is 0 Å². The third-order valence-corrected chi connectivity index (χ3v) is 2.28. The first kappa shape index (κ1) is 18.5. The van der Waals surface area contributed by atoms with Crippen molar-refractivity contribution in [3.8, 4) is 5.75 Å². The molecule has 1 aromatic carbocycles. The summed E-state index contributed by atoms with van der Waals surface area (Å²) in [7, 11) is 3.92. The monoisotopic (exact) mass is 285 g/mol. The Morgan fingerprint density at radius 3 is 2.11 bits per heavy atom. The fourth-order valence-electron chi connectivity index (χ4n) is 1.35. The molecule has 2 nitrogen and oxygen atoms in total. The van der Waals surface area contributed by atoms with Crippen LogP contribution in [0.3, 0.4) is 0 Å². The van der Waals surface area contributed by atoms with E-state index in [-0.39, 0.29) is 51.4 Å². The number of ether oxygens (including phenoxy) is 1. The van der Waals surface area contributed by atoms with E-state index in [1.165, 1.54) is 12.1 Å². The van der Waals surface area contributed by atoms with Gasteiger partial charge in [0.15, 0.2) is 0 Å². The summed E-state index contributed by atoms with van der Waals surface area (Å²) in [6.45, 7) is -3.51. The molecule has 7 heteroatoms. The number of nitrogens with zero attached hydrogens (tertiary/aromatic N) is 1. The van der Waals surface area contributed by atoms with Crippen molar-refractivity contribution in [3.05, 3.63) is 24.3 Å². The van der Waals surface area contributed by atoms with Gasteiger partial charge in [0.05, 0.1) is 6.61 Å². The van der Waals surface area contributed by atoms with Crippen molar-refractivity contribution in [2.75, 3.05) is 27.2 Å². The molecular weight excluding hydrogens is 269 g/mol. The summed E-state index contributed by atoms with van der Waals surface area (Å²) in [5.74, 6) is 0.479. The van der Waals surface area contributed by atoms with Crippen LogP contribution >= 0.6 is 0 Å². The second-order valence-corrected chi connectivity index (χ2v) is 4.15. The van der Waals surface area contributed by atoms with Gasteiger partial charge in [0.2, 0.25) is 0 Å². The molecule has 0 aliphatic heterocycles. The SMILES string of the molecule is CN(C)CCCOc1ccc([B-](F)(F)F)cc1.[K+]. The molecule has 0 aromatic heterocycles. The molecule has 1 rings (SSSR count). The first-order valence-corrected chi connectivity index (χ1v) is 5.47. The molecule has 0 fully saturated rings. The van der Waals surface area contributed by atoms with Crippen molar-refractivity contribution in [2.24, 2.45) is 0 Å². The molecule has 0 spiro atoms. The Bertz CT molecular complexity index is 343. The van der Waals surface area contributed by atoms with Crippen LogP contribution in [0.2, 0.25) is 0 Å². The molecule has 0 radical (unpaired) electrons. The minimum absolute atomic E-state index is 0. The quantitative estimate of drug-likeness (QED) is 0.495. The summed E-state index contributed by atoms with van der Waals surface area (Å²) in [5.41, 5.74) is -0.592. The smallest absolute Gasteiger partial charge is 0.494 e. The maximum Gasteiger partial charge on any atom is 1.00 e. The Kier molecular flexibility index (Phi) is 8.83. The number of benzene rings is 1. The van der Waals surface area contributed by atoms with Gasteiger partial charge in [-0.15, -0.1) is 5.46 Å². The summed E-state index contributed by atoms with van der Waals surface area (Å²) < 4.78 is 42.3. The molecule has 0 amide bonds. The molecule has 0 saturated heterocycles. The van der Waals surface area contributed by atoms with Gasteiger partial charge in [0.1, 0.15) is 5.75 Å². The predicted octanol–water partition coefficient (Wildman–Crippen LogP) is -0.924. The molecule has 0 saturated carbocycles. The van der Waals surface area contributed by atoms with Crippen molar-refractivity contribution in [1.82, 2.24) is 4.90 Å². The van der Waals surface area contributed by atoms with Crippen molar-refractivity contribution in [2.45, 2.75) is 6.42 Å². The first-order chi connectivity index (χ1) is 7.89. The van der Waals surface area contributed by atoms with Crippen LogP contribution in [-0.4, -0.2) is 39.1 Å². The van der Waals surface area contributed by atoms with Crippen molar-refractivity contribution in [3.63, 3.8) is 0 Å². The second-order valence-electron chi connectivity index (χ2n) is 4.15. The van der Waals surface area contributed by atoms with E-state index < -0.39 is 12.4 Å². The van der Waals surface area contributed by atoms with Gasteiger partial charge in [-0.1, -0.05) is 12.1 Å². The normalized spacial score (nSPS) is 11.2. The summed E-state index contributed by atoms with van der Waals surface area (Å²) in [6, 6.07) is 4.84. The maximum absolute atomic E-state index is 12.3. The molecule has 0 heterocycles. The van der Waals surface area contributed by atoms with Gasteiger partial charge in [0.25, 0.3) is 0 Å². The first-order valence-electron chi connectivity index (χ1n) is 5.47. The maximum atomic E-state index is 12.3. The standard InChI is InChI=1S/C11H16BF3NO.K/c1-16(2)8-3-9-17-11-6-4-10(5-7-11)12(13,14)15;/h4-7H,3,8-9H2,1-2H3;/q-1;+1. The summed E-state index contributed by atoms with van der Waals surface area (Å²) in [5, 5.41) is 0. The molecule has 96 valence electrons. The van der Waals surface area contributed by atoms with E-state index in [1.54, 1.807) is 0 Å². The van der Waals surface area contributed by atoms with Crippen molar-refractivity contribution >= 4 is 12.4 Å². The zero-order chi connectivity index (χ0) is 12.9. The molecule has 0 N–H and O–H groups in total. The zero-order valence-corrected chi connectivity index (χ0v) is 14.1. The number of halogens is 3. The van der Waals surface area contributed by atoms with Crippen molar-refractivity contribution in [1.29, 1.82) is 0 Å². The zero-order valence-electron chi connectivity index (χ0n) is 11.0. The Morgan fingerprint density at radius 2 is 1.67 bits per heavy atom. The Hall–Kier alpha value is 0.471. The number of rotatable bonds is 6. The van der Waals surface area contributed by atoms with Crippen LogP contribution < -0.4 is 61.6 Å². The third-order valence-electron chi connectivity index (χ3n) is 2.28. The van der Waals surface area contributed by atoms with Crippen LogP contribution in [0, 0.1) is 0 Å². The van der Waals surface area contributed by atoms with Gasteiger partial charge >= 0.3 is 58.4 Å². The molecule has 18 heavy (non-hydrogen) atoms. The van der Waals surface area contributed by atoms with Gasteiger partial charge < -0.3 is 22.6 Å². The van der Waals surface area contributed by atoms with Crippen LogP contribution in [0.25, 0.3) is 0 Å².